The molecule has 2 N–H and O–H groups in total. The summed E-state index contributed by atoms with van der Waals surface area (Å²) in [6.07, 6.45) is 2.80. The van der Waals surface area contributed by atoms with Crippen molar-refractivity contribution in [3.63, 3.8) is 0 Å². The Morgan fingerprint density at radius 2 is 2.14 bits per heavy atom. The molecule has 0 saturated carbocycles. The number of benzene rings is 1. The van der Waals surface area contributed by atoms with Gasteiger partial charge in [-0.15, -0.1) is 0 Å². The molecule has 7 heteroatoms. The molecule has 2 rings (SSSR count). The molecule has 0 radical (unpaired) electrons. The molecule has 0 saturated heterocycles. The SMILES string of the molecule is O=C(CNC(=O)c1cccc(F)c1)N/N=C\c1ccco1. The topological polar surface area (TPSA) is 83.7 Å². The first-order valence-corrected chi connectivity index (χ1v) is 6.04. The average Bonchev–Trinajstić information content (AvgIpc) is 2.98. The van der Waals surface area contributed by atoms with Crippen LogP contribution in [0.15, 0.2) is 52.2 Å². The van der Waals surface area contributed by atoms with Crippen LogP contribution < -0.4 is 10.7 Å². The lowest BCUT2D eigenvalue weighted by Crippen LogP contribution is -2.34. The maximum absolute atomic E-state index is 12.9. The molecule has 1 heterocycles. The number of hydrazone groups is 1. The maximum atomic E-state index is 12.9. The van der Waals surface area contributed by atoms with Crippen LogP contribution in [0.25, 0.3) is 0 Å². The lowest BCUT2D eigenvalue weighted by molar-refractivity contribution is -0.120. The van der Waals surface area contributed by atoms with Crippen molar-refractivity contribution < 1.29 is 18.4 Å². The predicted octanol–water partition coefficient (Wildman–Crippen LogP) is 1.30. The minimum absolute atomic E-state index is 0.141. The smallest absolute Gasteiger partial charge is 0.259 e. The fraction of sp³-hybridized carbons (Fsp3) is 0.0714. The Hall–Kier alpha value is -2.96. The van der Waals surface area contributed by atoms with Gasteiger partial charge in [-0.05, 0) is 30.3 Å². The summed E-state index contributed by atoms with van der Waals surface area (Å²) in [5.74, 6) is -1.09. The molecule has 0 bridgehead atoms. The highest BCUT2D eigenvalue weighted by Gasteiger charge is 2.08. The number of carbonyl (C=O) groups excluding carboxylic acids is 2. The van der Waals surface area contributed by atoms with E-state index in [4.69, 9.17) is 4.42 Å². The van der Waals surface area contributed by atoms with Crippen molar-refractivity contribution in [3.8, 4) is 0 Å². The number of halogens is 1. The second-order valence-electron chi connectivity index (χ2n) is 4.00. The van der Waals surface area contributed by atoms with Gasteiger partial charge in [0.1, 0.15) is 11.6 Å². The number of nitrogens with zero attached hydrogens (tertiary/aromatic N) is 1. The van der Waals surface area contributed by atoms with Crippen molar-refractivity contribution in [2.75, 3.05) is 6.54 Å². The zero-order valence-corrected chi connectivity index (χ0v) is 10.9. The van der Waals surface area contributed by atoms with Gasteiger partial charge < -0.3 is 9.73 Å². The molecule has 2 amide bonds. The van der Waals surface area contributed by atoms with Crippen molar-refractivity contribution in [1.29, 1.82) is 0 Å². The Morgan fingerprint density at radius 3 is 2.86 bits per heavy atom. The molecule has 6 nitrogen and oxygen atoms in total. The van der Waals surface area contributed by atoms with Gasteiger partial charge >= 0.3 is 0 Å². The van der Waals surface area contributed by atoms with Crippen LogP contribution in [0.3, 0.4) is 0 Å². The van der Waals surface area contributed by atoms with Crippen LogP contribution in [0.1, 0.15) is 16.1 Å². The summed E-state index contributed by atoms with van der Waals surface area (Å²) < 4.78 is 17.9. The molecule has 2 aromatic rings. The van der Waals surface area contributed by atoms with Crippen molar-refractivity contribution >= 4 is 18.0 Å². The number of amides is 2. The highest BCUT2D eigenvalue weighted by Crippen LogP contribution is 2.02. The molecular formula is C14H12FN3O3. The Balaban J connectivity index is 1.77. The van der Waals surface area contributed by atoms with Crippen LogP contribution in [0.4, 0.5) is 4.39 Å². The third kappa shape index (κ3) is 4.57. The van der Waals surface area contributed by atoms with E-state index in [1.54, 1.807) is 12.1 Å². The largest absolute Gasteiger partial charge is 0.463 e. The molecule has 0 spiro atoms. The lowest BCUT2D eigenvalue weighted by Gasteiger charge is -2.04. The minimum Gasteiger partial charge on any atom is -0.463 e. The summed E-state index contributed by atoms with van der Waals surface area (Å²) in [6.45, 7) is -0.273. The van der Waals surface area contributed by atoms with Gasteiger partial charge in [0.2, 0.25) is 0 Å². The quantitative estimate of drug-likeness (QED) is 0.643. The number of hydrogen-bond acceptors (Lipinski definition) is 4. The van der Waals surface area contributed by atoms with E-state index in [1.807, 2.05) is 0 Å². The summed E-state index contributed by atoms with van der Waals surface area (Å²) >= 11 is 0. The molecule has 1 aromatic heterocycles. The standard InChI is InChI=1S/C14H12FN3O3/c15-11-4-1-3-10(7-11)14(20)16-9-13(19)18-17-8-12-5-2-6-21-12/h1-8H,9H2,(H,16,20)(H,18,19)/b17-8-. The summed E-state index contributed by atoms with van der Waals surface area (Å²) in [6, 6.07) is 8.53. The number of furan rings is 1. The fourth-order valence-electron chi connectivity index (χ4n) is 1.46. The Bertz CT molecular complexity index is 653. The van der Waals surface area contributed by atoms with Crippen LogP contribution in [0, 0.1) is 5.82 Å². The van der Waals surface area contributed by atoms with Gasteiger partial charge in [0.05, 0.1) is 19.0 Å². The Kier molecular flexibility index (Phi) is 4.81. The van der Waals surface area contributed by atoms with E-state index < -0.39 is 17.6 Å². The van der Waals surface area contributed by atoms with E-state index >= 15 is 0 Å². The van der Waals surface area contributed by atoms with E-state index in [2.05, 4.69) is 15.8 Å². The average molecular weight is 289 g/mol. The van der Waals surface area contributed by atoms with Gasteiger partial charge in [0.15, 0.2) is 0 Å². The number of rotatable bonds is 5. The molecular weight excluding hydrogens is 277 g/mol. The molecule has 1 aromatic carbocycles. The van der Waals surface area contributed by atoms with E-state index in [0.29, 0.717) is 5.76 Å². The van der Waals surface area contributed by atoms with Gasteiger partial charge in [0.25, 0.3) is 11.8 Å². The highest BCUT2D eigenvalue weighted by molar-refractivity contribution is 5.96. The fourth-order valence-corrected chi connectivity index (χ4v) is 1.46. The summed E-state index contributed by atoms with van der Waals surface area (Å²) in [7, 11) is 0. The molecule has 0 atom stereocenters. The van der Waals surface area contributed by atoms with E-state index in [-0.39, 0.29) is 12.1 Å². The van der Waals surface area contributed by atoms with Crippen molar-refractivity contribution in [1.82, 2.24) is 10.7 Å². The summed E-state index contributed by atoms with van der Waals surface area (Å²) in [4.78, 5) is 23.1. The van der Waals surface area contributed by atoms with Gasteiger partial charge in [-0.25, -0.2) is 9.82 Å². The van der Waals surface area contributed by atoms with Crippen LogP contribution >= 0.6 is 0 Å². The minimum atomic E-state index is -0.542. The third-order valence-corrected chi connectivity index (χ3v) is 2.42. The monoisotopic (exact) mass is 289 g/mol. The van der Waals surface area contributed by atoms with Crippen LogP contribution in [-0.4, -0.2) is 24.6 Å². The second kappa shape index (κ2) is 6.99. The van der Waals surface area contributed by atoms with E-state index in [0.717, 1.165) is 6.07 Å². The molecule has 0 aliphatic rings. The first-order chi connectivity index (χ1) is 10.1. The molecule has 21 heavy (non-hydrogen) atoms. The van der Waals surface area contributed by atoms with Gasteiger partial charge in [0, 0.05) is 5.56 Å². The first-order valence-electron chi connectivity index (χ1n) is 6.04. The third-order valence-electron chi connectivity index (χ3n) is 2.42. The number of hydrogen-bond donors (Lipinski definition) is 2. The normalized spacial score (nSPS) is 10.5. The van der Waals surface area contributed by atoms with E-state index in [1.165, 1.54) is 30.7 Å². The molecule has 0 fully saturated rings. The predicted molar refractivity (Wildman–Crippen MR) is 73.2 cm³/mol. The van der Waals surface area contributed by atoms with Gasteiger partial charge in [-0.2, -0.15) is 5.10 Å². The van der Waals surface area contributed by atoms with Crippen molar-refractivity contribution in [2.24, 2.45) is 5.10 Å². The van der Waals surface area contributed by atoms with Gasteiger partial charge in [-0.1, -0.05) is 6.07 Å². The second-order valence-corrected chi connectivity index (χ2v) is 4.00. The zero-order valence-electron chi connectivity index (χ0n) is 10.9. The number of nitrogens with one attached hydrogen (secondary N) is 2. The van der Waals surface area contributed by atoms with Crippen molar-refractivity contribution in [2.45, 2.75) is 0 Å². The maximum Gasteiger partial charge on any atom is 0.259 e. The van der Waals surface area contributed by atoms with Crippen LogP contribution in [0.5, 0.6) is 0 Å². The summed E-state index contributed by atoms with van der Waals surface area (Å²) in [5.41, 5.74) is 2.36. The van der Waals surface area contributed by atoms with Crippen LogP contribution in [0.2, 0.25) is 0 Å². The Labute approximate surface area is 119 Å². The summed E-state index contributed by atoms with van der Waals surface area (Å²) in [5, 5.41) is 6.00. The zero-order chi connectivity index (χ0) is 15.1. The first kappa shape index (κ1) is 14.4. The lowest BCUT2D eigenvalue weighted by atomic mass is 10.2. The molecule has 0 unspecified atom stereocenters. The highest BCUT2D eigenvalue weighted by atomic mass is 19.1. The Morgan fingerprint density at radius 1 is 1.29 bits per heavy atom. The molecule has 0 aliphatic carbocycles. The van der Waals surface area contributed by atoms with Gasteiger partial charge in [-0.3, -0.25) is 9.59 Å². The van der Waals surface area contributed by atoms with E-state index in [9.17, 15) is 14.0 Å². The molecule has 0 aliphatic heterocycles. The van der Waals surface area contributed by atoms with Crippen molar-refractivity contribution in [3.05, 3.63) is 59.8 Å². The number of carbonyl (C=O) groups is 2. The van der Waals surface area contributed by atoms with Crippen LogP contribution in [-0.2, 0) is 4.79 Å². The molecule has 108 valence electrons.